The molecule has 0 aromatic heterocycles. The minimum atomic E-state index is -1.11. The van der Waals surface area contributed by atoms with Crippen molar-refractivity contribution in [2.75, 3.05) is 33.9 Å². The molecular weight excluding hydrogens is 278 g/mol. The van der Waals surface area contributed by atoms with E-state index in [-0.39, 0.29) is 18.9 Å². The van der Waals surface area contributed by atoms with Crippen LogP contribution in [0.4, 0.5) is 4.79 Å². The molecule has 8 nitrogen and oxygen atoms in total. The summed E-state index contributed by atoms with van der Waals surface area (Å²) in [4.78, 5) is 35.5. The zero-order chi connectivity index (χ0) is 16.3. The van der Waals surface area contributed by atoms with E-state index in [0.717, 1.165) is 11.3 Å². The Hall–Kier alpha value is -1.83. The number of aliphatic carboxylic acids is 1. The number of carboxylic acid groups (broad SMARTS) is 1. The molecule has 0 aromatic carbocycles. The predicted octanol–water partition coefficient (Wildman–Crippen LogP) is 0.0338. The Morgan fingerprint density at radius 3 is 2.52 bits per heavy atom. The highest BCUT2D eigenvalue weighted by molar-refractivity contribution is 5.86. The van der Waals surface area contributed by atoms with Gasteiger partial charge in [0.25, 0.3) is 0 Å². The molecular formula is C13H25N3O5. The number of rotatable bonds is 10. The second-order valence-electron chi connectivity index (χ2n) is 4.68. The highest BCUT2D eigenvalue weighted by atomic mass is 16.5. The lowest BCUT2D eigenvalue weighted by Gasteiger charge is -2.21. The van der Waals surface area contributed by atoms with Crippen LogP contribution in [-0.4, -0.2) is 67.8 Å². The van der Waals surface area contributed by atoms with Gasteiger partial charge in [-0.1, -0.05) is 6.92 Å². The summed E-state index contributed by atoms with van der Waals surface area (Å²) in [5.74, 6) is -1.39. The Bertz CT molecular complexity index is 349. The van der Waals surface area contributed by atoms with Crippen LogP contribution in [0.25, 0.3) is 0 Å². The summed E-state index contributed by atoms with van der Waals surface area (Å²) >= 11 is 0. The van der Waals surface area contributed by atoms with Crippen molar-refractivity contribution >= 4 is 17.9 Å². The number of likely N-dealkylation sites (N-methyl/N-ethyl adjacent to an activating group) is 1. The number of carboxylic acids is 1. The van der Waals surface area contributed by atoms with Crippen LogP contribution in [0.3, 0.4) is 0 Å². The quantitative estimate of drug-likeness (QED) is 0.494. The molecule has 0 rings (SSSR count). The van der Waals surface area contributed by atoms with E-state index in [0.29, 0.717) is 19.6 Å². The molecule has 3 N–H and O–H groups in total. The van der Waals surface area contributed by atoms with Gasteiger partial charge in [-0.05, 0) is 19.3 Å². The van der Waals surface area contributed by atoms with Crippen molar-refractivity contribution in [3.8, 4) is 0 Å². The molecule has 0 aromatic rings. The Kier molecular flexibility index (Phi) is 9.95. The first-order chi connectivity index (χ1) is 9.92. The number of ether oxygens (including phenoxy) is 1. The molecule has 0 radical (unpaired) electrons. The van der Waals surface area contributed by atoms with E-state index in [4.69, 9.17) is 9.84 Å². The fourth-order valence-corrected chi connectivity index (χ4v) is 1.56. The van der Waals surface area contributed by atoms with E-state index in [9.17, 15) is 14.4 Å². The molecule has 0 fully saturated rings. The van der Waals surface area contributed by atoms with Crippen LogP contribution < -0.4 is 10.6 Å². The fourth-order valence-electron chi connectivity index (χ4n) is 1.56. The van der Waals surface area contributed by atoms with Crippen molar-refractivity contribution in [3.05, 3.63) is 0 Å². The Morgan fingerprint density at radius 1 is 1.33 bits per heavy atom. The number of nitrogens with zero attached hydrogens (tertiary/aromatic N) is 1. The first kappa shape index (κ1) is 19.2. The van der Waals surface area contributed by atoms with Gasteiger partial charge in [0.15, 0.2) is 0 Å². The number of carbonyl (C=O) groups is 3. The third-order valence-corrected chi connectivity index (χ3v) is 2.74. The lowest BCUT2D eigenvalue weighted by Crippen LogP contribution is -2.49. The van der Waals surface area contributed by atoms with Crippen LogP contribution in [0.15, 0.2) is 0 Å². The van der Waals surface area contributed by atoms with Gasteiger partial charge in [-0.2, -0.15) is 0 Å². The molecule has 0 heterocycles. The van der Waals surface area contributed by atoms with Crippen molar-refractivity contribution in [3.63, 3.8) is 0 Å². The number of urea groups is 1. The van der Waals surface area contributed by atoms with Gasteiger partial charge in [-0.25, -0.2) is 9.59 Å². The maximum atomic E-state index is 11.8. The molecule has 0 saturated heterocycles. The van der Waals surface area contributed by atoms with Gasteiger partial charge in [0, 0.05) is 27.3 Å². The topological polar surface area (TPSA) is 108 Å². The lowest BCUT2D eigenvalue weighted by molar-refractivity contribution is -0.139. The number of hydrogen-bond donors (Lipinski definition) is 3. The van der Waals surface area contributed by atoms with E-state index in [1.807, 2.05) is 6.92 Å². The molecule has 1 atom stereocenters. The first-order valence-electron chi connectivity index (χ1n) is 6.92. The molecule has 21 heavy (non-hydrogen) atoms. The fraction of sp³-hybridized carbons (Fsp3) is 0.769. The third kappa shape index (κ3) is 8.85. The largest absolute Gasteiger partial charge is 0.480 e. The molecule has 1 unspecified atom stereocenters. The van der Waals surface area contributed by atoms with Crippen molar-refractivity contribution < 1.29 is 24.2 Å². The summed E-state index contributed by atoms with van der Waals surface area (Å²) in [7, 11) is 2.96. The summed E-state index contributed by atoms with van der Waals surface area (Å²) in [6.45, 7) is 2.78. The van der Waals surface area contributed by atoms with Crippen LogP contribution >= 0.6 is 0 Å². The van der Waals surface area contributed by atoms with Gasteiger partial charge in [0.05, 0.1) is 0 Å². The van der Waals surface area contributed by atoms with Gasteiger partial charge < -0.3 is 25.4 Å². The minimum absolute atomic E-state index is 0.115. The van der Waals surface area contributed by atoms with Crippen LogP contribution in [0.2, 0.25) is 0 Å². The molecule has 0 aliphatic carbocycles. The normalized spacial score (nSPS) is 11.6. The van der Waals surface area contributed by atoms with Gasteiger partial charge in [0.1, 0.15) is 12.6 Å². The first-order valence-corrected chi connectivity index (χ1v) is 6.92. The maximum absolute atomic E-state index is 11.8. The number of amides is 3. The molecule has 0 aliphatic heterocycles. The SMILES string of the molecule is CCCNC(=O)CN(C)C(=O)NC(CCCOC)C(=O)O. The van der Waals surface area contributed by atoms with Crippen LogP contribution in [-0.2, 0) is 14.3 Å². The zero-order valence-electron chi connectivity index (χ0n) is 12.8. The standard InChI is InChI=1S/C13H25N3O5/c1-4-7-14-11(17)9-16(2)13(20)15-10(12(18)19)6-5-8-21-3/h10H,4-9H2,1-3H3,(H,14,17)(H,15,20)(H,18,19). The Morgan fingerprint density at radius 2 is 2.00 bits per heavy atom. The van der Waals surface area contributed by atoms with E-state index in [1.54, 1.807) is 0 Å². The molecule has 122 valence electrons. The summed E-state index contributed by atoms with van der Waals surface area (Å²) in [6.07, 6.45) is 1.60. The summed E-state index contributed by atoms with van der Waals surface area (Å²) in [5.41, 5.74) is 0. The number of hydrogen-bond acceptors (Lipinski definition) is 4. The van der Waals surface area contributed by atoms with Crippen molar-refractivity contribution in [1.29, 1.82) is 0 Å². The molecule has 0 bridgehead atoms. The molecule has 0 saturated carbocycles. The predicted molar refractivity (Wildman–Crippen MR) is 77.0 cm³/mol. The molecule has 0 spiro atoms. The van der Waals surface area contributed by atoms with Gasteiger partial charge in [-0.3, -0.25) is 4.79 Å². The second-order valence-corrected chi connectivity index (χ2v) is 4.68. The Labute approximate surface area is 124 Å². The summed E-state index contributed by atoms with van der Waals surface area (Å²) in [6, 6.07) is -1.58. The van der Waals surface area contributed by atoms with E-state index >= 15 is 0 Å². The number of carbonyl (C=O) groups excluding carboxylic acids is 2. The average molecular weight is 303 g/mol. The van der Waals surface area contributed by atoms with E-state index in [2.05, 4.69) is 10.6 Å². The lowest BCUT2D eigenvalue weighted by atomic mass is 10.1. The molecule has 8 heteroatoms. The number of methoxy groups -OCH3 is 1. The maximum Gasteiger partial charge on any atom is 0.326 e. The van der Waals surface area contributed by atoms with E-state index in [1.165, 1.54) is 14.2 Å². The zero-order valence-corrected chi connectivity index (χ0v) is 12.8. The summed E-state index contributed by atoms with van der Waals surface area (Å²) in [5, 5.41) is 14.1. The smallest absolute Gasteiger partial charge is 0.326 e. The third-order valence-electron chi connectivity index (χ3n) is 2.74. The summed E-state index contributed by atoms with van der Waals surface area (Å²) < 4.78 is 4.85. The van der Waals surface area contributed by atoms with Crippen molar-refractivity contribution in [1.82, 2.24) is 15.5 Å². The average Bonchev–Trinajstić information content (AvgIpc) is 2.43. The van der Waals surface area contributed by atoms with Crippen molar-refractivity contribution in [2.24, 2.45) is 0 Å². The van der Waals surface area contributed by atoms with Gasteiger partial charge >= 0.3 is 12.0 Å². The molecule has 3 amide bonds. The van der Waals surface area contributed by atoms with Crippen LogP contribution in [0.1, 0.15) is 26.2 Å². The monoisotopic (exact) mass is 303 g/mol. The molecule has 0 aliphatic rings. The van der Waals surface area contributed by atoms with Gasteiger partial charge in [0.2, 0.25) is 5.91 Å². The number of nitrogens with one attached hydrogen (secondary N) is 2. The second kappa shape index (κ2) is 10.9. The highest BCUT2D eigenvalue weighted by Gasteiger charge is 2.22. The van der Waals surface area contributed by atoms with Crippen LogP contribution in [0.5, 0.6) is 0 Å². The van der Waals surface area contributed by atoms with Crippen LogP contribution in [0, 0.1) is 0 Å². The highest BCUT2D eigenvalue weighted by Crippen LogP contribution is 1.99. The minimum Gasteiger partial charge on any atom is -0.480 e. The van der Waals surface area contributed by atoms with E-state index < -0.39 is 18.0 Å². The van der Waals surface area contributed by atoms with Crippen molar-refractivity contribution in [2.45, 2.75) is 32.2 Å². The Balaban J connectivity index is 4.27. The van der Waals surface area contributed by atoms with Gasteiger partial charge in [-0.15, -0.1) is 0 Å².